The zero-order valence-electron chi connectivity index (χ0n) is 10.4. The quantitative estimate of drug-likeness (QED) is 0.494. The van der Waals surface area contributed by atoms with E-state index in [4.69, 9.17) is 5.73 Å². The Balaban J connectivity index is 1.91. The standard InChI is InChI=1S/C12H12BrN6O/c13-9-6-16-19-11(4-10(14)17-12(9)19)15-5-8-2-1-3-18(20)7-8/h1-4,6-7,15,20H,5H2,(H2,14,17)/q+1. The maximum absolute atomic E-state index is 9.36. The van der Waals surface area contributed by atoms with Crippen LogP contribution in [0.1, 0.15) is 5.56 Å². The van der Waals surface area contributed by atoms with E-state index in [1.54, 1.807) is 35.2 Å². The molecule has 20 heavy (non-hydrogen) atoms. The molecular formula is C12H12BrN6O+. The fourth-order valence-electron chi connectivity index (χ4n) is 1.89. The molecule has 3 heterocycles. The summed E-state index contributed by atoms with van der Waals surface area (Å²) in [4.78, 5) is 4.21. The van der Waals surface area contributed by atoms with Gasteiger partial charge in [-0.15, -0.1) is 0 Å². The van der Waals surface area contributed by atoms with Crippen molar-refractivity contribution in [1.82, 2.24) is 14.6 Å². The maximum atomic E-state index is 9.36. The lowest BCUT2D eigenvalue weighted by molar-refractivity contribution is -0.905. The van der Waals surface area contributed by atoms with E-state index >= 15 is 0 Å². The van der Waals surface area contributed by atoms with Crippen LogP contribution in [0.3, 0.4) is 0 Å². The van der Waals surface area contributed by atoms with E-state index in [2.05, 4.69) is 31.3 Å². The Morgan fingerprint density at radius 2 is 2.35 bits per heavy atom. The molecule has 0 aromatic carbocycles. The van der Waals surface area contributed by atoms with Gasteiger partial charge < -0.3 is 11.1 Å². The van der Waals surface area contributed by atoms with Gasteiger partial charge in [0.25, 0.3) is 0 Å². The molecule has 3 aromatic rings. The molecule has 102 valence electrons. The number of hydrogen-bond donors (Lipinski definition) is 3. The fraction of sp³-hybridized carbons (Fsp3) is 0.0833. The van der Waals surface area contributed by atoms with Crippen LogP contribution in [0.2, 0.25) is 0 Å². The number of nitrogens with one attached hydrogen (secondary N) is 1. The van der Waals surface area contributed by atoms with Crippen molar-refractivity contribution in [2.24, 2.45) is 0 Å². The summed E-state index contributed by atoms with van der Waals surface area (Å²) >= 11 is 3.38. The Kier molecular flexibility index (Phi) is 3.15. The molecular weight excluding hydrogens is 324 g/mol. The van der Waals surface area contributed by atoms with E-state index in [0.717, 1.165) is 20.6 Å². The third-order valence-corrected chi connectivity index (χ3v) is 3.33. The van der Waals surface area contributed by atoms with Crippen molar-refractivity contribution in [3.05, 3.63) is 46.8 Å². The molecule has 0 unspecified atom stereocenters. The molecule has 0 atom stereocenters. The monoisotopic (exact) mass is 335 g/mol. The largest absolute Gasteiger partial charge is 0.384 e. The SMILES string of the molecule is Nc1cc(NCc2ccc[n+](O)c2)n2ncc(Br)c2n1. The van der Waals surface area contributed by atoms with E-state index in [1.165, 1.54) is 0 Å². The number of rotatable bonds is 3. The Hall–Kier alpha value is -2.35. The molecule has 0 saturated carbocycles. The molecule has 4 N–H and O–H groups in total. The van der Waals surface area contributed by atoms with Crippen LogP contribution in [0.15, 0.2) is 41.3 Å². The summed E-state index contributed by atoms with van der Waals surface area (Å²) in [5.74, 6) is 1.14. The minimum atomic E-state index is 0.409. The molecule has 0 amide bonds. The van der Waals surface area contributed by atoms with Crippen molar-refractivity contribution in [1.29, 1.82) is 0 Å². The van der Waals surface area contributed by atoms with Gasteiger partial charge in [-0.05, 0) is 22.0 Å². The average molecular weight is 336 g/mol. The first-order chi connectivity index (χ1) is 9.63. The van der Waals surface area contributed by atoms with Gasteiger partial charge in [-0.2, -0.15) is 9.61 Å². The minimum Gasteiger partial charge on any atom is -0.384 e. The third-order valence-electron chi connectivity index (χ3n) is 2.77. The van der Waals surface area contributed by atoms with Gasteiger partial charge in [-0.25, -0.2) is 4.98 Å². The number of nitrogen functional groups attached to an aromatic ring is 1. The summed E-state index contributed by atoms with van der Waals surface area (Å²) < 4.78 is 3.45. The molecule has 0 aliphatic heterocycles. The third kappa shape index (κ3) is 2.37. The summed E-state index contributed by atoms with van der Waals surface area (Å²) in [7, 11) is 0. The number of anilines is 2. The highest BCUT2D eigenvalue weighted by molar-refractivity contribution is 9.10. The van der Waals surface area contributed by atoms with Gasteiger partial charge in [0, 0.05) is 29.0 Å². The summed E-state index contributed by atoms with van der Waals surface area (Å²) in [6, 6.07) is 5.38. The van der Waals surface area contributed by atoms with Crippen molar-refractivity contribution in [3.8, 4) is 0 Å². The summed E-state index contributed by atoms with van der Waals surface area (Å²) in [5.41, 5.74) is 7.36. The van der Waals surface area contributed by atoms with Crippen LogP contribution in [0, 0.1) is 0 Å². The lowest BCUT2D eigenvalue weighted by Crippen LogP contribution is -2.29. The topological polar surface area (TPSA) is 92.3 Å². The van der Waals surface area contributed by atoms with Crippen LogP contribution in [-0.2, 0) is 6.54 Å². The minimum absolute atomic E-state index is 0.409. The summed E-state index contributed by atoms with van der Waals surface area (Å²) in [6.45, 7) is 0.525. The van der Waals surface area contributed by atoms with Gasteiger partial charge in [0.15, 0.2) is 5.65 Å². The number of halogens is 1. The second-order valence-corrected chi connectivity index (χ2v) is 5.09. The first kappa shape index (κ1) is 12.7. The van der Waals surface area contributed by atoms with Crippen molar-refractivity contribution < 1.29 is 9.94 Å². The van der Waals surface area contributed by atoms with E-state index in [1.807, 2.05) is 6.07 Å². The van der Waals surface area contributed by atoms with Gasteiger partial charge in [0.2, 0.25) is 12.4 Å². The van der Waals surface area contributed by atoms with Crippen molar-refractivity contribution in [3.63, 3.8) is 0 Å². The van der Waals surface area contributed by atoms with Crippen LogP contribution < -0.4 is 15.8 Å². The van der Waals surface area contributed by atoms with Crippen molar-refractivity contribution in [2.75, 3.05) is 11.1 Å². The molecule has 0 spiro atoms. The highest BCUT2D eigenvalue weighted by Gasteiger charge is 2.09. The van der Waals surface area contributed by atoms with Gasteiger partial charge in [0.05, 0.1) is 10.7 Å². The zero-order chi connectivity index (χ0) is 14.1. The van der Waals surface area contributed by atoms with Crippen LogP contribution in [0.25, 0.3) is 5.65 Å². The molecule has 0 fully saturated rings. The van der Waals surface area contributed by atoms with E-state index in [9.17, 15) is 5.21 Å². The van der Waals surface area contributed by atoms with Gasteiger partial charge >= 0.3 is 0 Å². The van der Waals surface area contributed by atoms with Crippen LogP contribution in [-0.4, -0.2) is 19.8 Å². The Labute approximate surface area is 122 Å². The normalized spacial score (nSPS) is 10.8. The van der Waals surface area contributed by atoms with Gasteiger partial charge in [0.1, 0.15) is 11.6 Å². The van der Waals surface area contributed by atoms with E-state index < -0.39 is 0 Å². The zero-order valence-corrected chi connectivity index (χ0v) is 11.9. The smallest absolute Gasteiger partial charge is 0.227 e. The fourth-order valence-corrected chi connectivity index (χ4v) is 2.24. The summed E-state index contributed by atoms with van der Waals surface area (Å²) in [5, 5.41) is 16.8. The van der Waals surface area contributed by atoms with E-state index in [-0.39, 0.29) is 0 Å². The van der Waals surface area contributed by atoms with Crippen LogP contribution >= 0.6 is 15.9 Å². The molecule has 0 aliphatic rings. The predicted octanol–water partition coefficient (Wildman–Crippen LogP) is 1.21. The van der Waals surface area contributed by atoms with Gasteiger partial charge in [-0.1, -0.05) is 0 Å². The molecule has 0 aliphatic carbocycles. The van der Waals surface area contributed by atoms with E-state index in [0.29, 0.717) is 18.0 Å². The Bertz CT molecular complexity index is 772. The Morgan fingerprint density at radius 3 is 3.15 bits per heavy atom. The molecule has 3 aromatic heterocycles. The first-order valence-corrected chi connectivity index (χ1v) is 6.66. The lowest BCUT2D eigenvalue weighted by Gasteiger charge is -2.08. The number of fused-ring (bicyclic) bond motifs is 1. The molecule has 3 rings (SSSR count). The second-order valence-electron chi connectivity index (χ2n) is 4.24. The number of nitrogens with zero attached hydrogens (tertiary/aromatic N) is 4. The Morgan fingerprint density at radius 1 is 1.50 bits per heavy atom. The second kappa shape index (κ2) is 4.97. The number of nitrogens with two attached hydrogens (primary N) is 1. The highest BCUT2D eigenvalue weighted by atomic mass is 79.9. The van der Waals surface area contributed by atoms with Crippen molar-refractivity contribution in [2.45, 2.75) is 6.54 Å². The molecule has 8 heteroatoms. The molecule has 0 bridgehead atoms. The lowest BCUT2D eigenvalue weighted by atomic mass is 10.3. The van der Waals surface area contributed by atoms with Crippen LogP contribution in [0.5, 0.6) is 0 Å². The maximum Gasteiger partial charge on any atom is 0.227 e. The summed E-state index contributed by atoms with van der Waals surface area (Å²) in [6.07, 6.45) is 4.83. The number of hydrogen-bond acceptors (Lipinski definition) is 5. The number of aromatic nitrogens is 4. The number of pyridine rings is 1. The highest BCUT2D eigenvalue weighted by Crippen LogP contribution is 2.21. The molecule has 0 radical (unpaired) electrons. The molecule has 7 nitrogen and oxygen atoms in total. The average Bonchev–Trinajstić information content (AvgIpc) is 2.78. The first-order valence-electron chi connectivity index (χ1n) is 5.86. The van der Waals surface area contributed by atoms with Crippen LogP contribution in [0.4, 0.5) is 11.6 Å². The van der Waals surface area contributed by atoms with Crippen molar-refractivity contribution >= 4 is 33.2 Å². The predicted molar refractivity (Wildman–Crippen MR) is 76.2 cm³/mol. The molecule has 0 saturated heterocycles. The van der Waals surface area contributed by atoms with Gasteiger partial charge in [-0.3, -0.25) is 5.21 Å².